The second-order valence-electron chi connectivity index (χ2n) is 5.69. The SMILES string of the molecule is CCC(C(=O)Nc1cccc(-c2csc(C)n2)c1)c1ccccc1. The van der Waals surface area contributed by atoms with Crippen LogP contribution in [0, 0.1) is 6.92 Å². The summed E-state index contributed by atoms with van der Waals surface area (Å²) >= 11 is 1.63. The molecule has 1 N–H and O–H groups in total. The fourth-order valence-corrected chi connectivity index (χ4v) is 3.36. The Morgan fingerprint density at radius 3 is 2.62 bits per heavy atom. The van der Waals surface area contributed by atoms with Gasteiger partial charge in [-0.2, -0.15) is 0 Å². The fourth-order valence-electron chi connectivity index (χ4n) is 2.74. The van der Waals surface area contributed by atoms with E-state index in [2.05, 4.69) is 10.3 Å². The third-order valence-electron chi connectivity index (χ3n) is 3.97. The van der Waals surface area contributed by atoms with Crippen LogP contribution in [0.5, 0.6) is 0 Å². The van der Waals surface area contributed by atoms with E-state index < -0.39 is 0 Å². The molecule has 0 bridgehead atoms. The highest BCUT2D eigenvalue weighted by molar-refractivity contribution is 7.09. The highest BCUT2D eigenvalue weighted by atomic mass is 32.1. The molecule has 3 nitrogen and oxygen atoms in total. The summed E-state index contributed by atoms with van der Waals surface area (Å²) in [5.74, 6) is -0.119. The number of hydrogen-bond acceptors (Lipinski definition) is 3. The van der Waals surface area contributed by atoms with E-state index in [1.165, 1.54) is 0 Å². The Hall–Kier alpha value is -2.46. The Morgan fingerprint density at radius 1 is 1.17 bits per heavy atom. The number of rotatable bonds is 5. The number of aryl methyl sites for hydroxylation is 1. The molecule has 0 saturated heterocycles. The van der Waals surface area contributed by atoms with E-state index in [1.54, 1.807) is 11.3 Å². The van der Waals surface area contributed by atoms with E-state index in [-0.39, 0.29) is 11.8 Å². The predicted molar refractivity (Wildman–Crippen MR) is 100 cm³/mol. The lowest BCUT2D eigenvalue weighted by Crippen LogP contribution is -2.20. The average molecular weight is 336 g/mol. The van der Waals surface area contributed by atoms with Gasteiger partial charge in [0.2, 0.25) is 5.91 Å². The molecule has 122 valence electrons. The predicted octanol–water partition coefficient (Wildman–Crippen LogP) is 5.25. The summed E-state index contributed by atoms with van der Waals surface area (Å²) in [6.45, 7) is 4.03. The molecule has 0 fully saturated rings. The highest BCUT2D eigenvalue weighted by Crippen LogP contribution is 2.26. The Kier molecular flexibility index (Phi) is 5.06. The van der Waals surface area contributed by atoms with Crippen LogP contribution in [-0.2, 0) is 4.79 Å². The highest BCUT2D eigenvalue weighted by Gasteiger charge is 2.18. The molecule has 1 unspecified atom stereocenters. The molecular weight excluding hydrogens is 316 g/mol. The van der Waals surface area contributed by atoms with Crippen LogP contribution in [0.2, 0.25) is 0 Å². The molecule has 4 heteroatoms. The first kappa shape index (κ1) is 16.4. The van der Waals surface area contributed by atoms with Gasteiger partial charge in [0.15, 0.2) is 0 Å². The fraction of sp³-hybridized carbons (Fsp3) is 0.200. The monoisotopic (exact) mass is 336 g/mol. The van der Waals surface area contributed by atoms with Crippen molar-refractivity contribution < 1.29 is 4.79 Å². The second-order valence-corrected chi connectivity index (χ2v) is 6.76. The number of anilines is 1. The summed E-state index contributed by atoms with van der Waals surface area (Å²) in [5.41, 5.74) is 3.81. The number of hydrogen-bond donors (Lipinski definition) is 1. The topological polar surface area (TPSA) is 42.0 Å². The molecule has 3 rings (SSSR count). The lowest BCUT2D eigenvalue weighted by molar-refractivity contribution is -0.117. The number of thiazole rings is 1. The Labute approximate surface area is 146 Å². The first-order valence-corrected chi connectivity index (χ1v) is 8.93. The van der Waals surface area contributed by atoms with Crippen molar-refractivity contribution in [2.75, 3.05) is 5.32 Å². The maximum absolute atomic E-state index is 12.7. The maximum atomic E-state index is 12.7. The molecular formula is C20H20N2OS. The van der Waals surface area contributed by atoms with Gasteiger partial charge in [0.1, 0.15) is 0 Å². The van der Waals surface area contributed by atoms with Gasteiger partial charge in [-0.05, 0) is 31.0 Å². The molecule has 24 heavy (non-hydrogen) atoms. The number of amides is 1. The first-order valence-electron chi connectivity index (χ1n) is 8.05. The van der Waals surface area contributed by atoms with Crippen LogP contribution >= 0.6 is 11.3 Å². The number of aromatic nitrogens is 1. The van der Waals surface area contributed by atoms with E-state index >= 15 is 0 Å². The van der Waals surface area contributed by atoms with Crippen molar-refractivity contribution in [3.8, 4) is 11.3 Å². The normalized spacial score (nSPS) is 11.9. The van der Waals surface area contributed by atoms with Gasteiger partial charge in [-0.1, -0.05) is 49.4 Å². The van der Waals surface area contributed by atoms with Crippen molar-refractivity contribution in [3.63, 3.8) is 0 Å². The smallest absolute Gasteiger partial charge is 0.231 e. The van der Waals surface area contributed by atoms with E-state index in [4.69, 9.17) is 0 Å². The Bertz CT molecular complexity index is 826. The lowest BCUT2D eigenvalue weighted by Gasteiger charge is -2.15. The zero-order chi connectivity index (χ0) is 16.9. The largest absolute Gasteiger partial charge is 0.326 e. The van der Waals surface area contributed by atoms with Crippen LogP contribution < -0.4 is 5.32 Å². The molecule has 1 aromatic heterocycles. The van der Waals surface area contributed by atoms with Gasteiger partial charge in [0.25, 0.3) is 0 Å². The average Bonchev–Trinajstić information content (AvgIpc) is 3.03. The molecule has 3 aromatic rings. The van der Waals surface area contributed by atoms with Gasteiger partial charge in [-0.25, -0.2) is 4.98 Å². The van der Waals surface area contributed by atoms with Gasteiger partial charge in [0.05, 0.1) is 16.6 Å². The summed E-state index contributed by atoms with van der Waals surface area (Å²) in [4.78, 5) is 17.2. The van der Waals surface area contributed by atoms with Crippen molar-refractivity contribution in [1.29, 1.82) is 0 Å². The number of nitrogens with one attached hydrogen (secondary N) is 1. The van der Waals surface area contributed by atoms with Crippen LogP contribution in [0.25, 0.3) is 11.3 Å². The first-order chi connectivity index (χ1) is 11.7. The third-order valence-corrected chi connectivity index (χ3v) is 4.75. The second kappa shape index (κ2) is 7.41. The summed E-state index contributed by atoms with van der Waals surface area (Å²) in [6.07, 6.45) is 0.765. The molecule has 0 radical (unpaired) electrons. The molecule has 0 spiro atoms. The standard InChI is InChI=1S/C20H20N2OS/c1-3-18(15-8-5-4-6-9-15)20(23)22-17-11-7-10-16(12-17)19-13-24-14(2)21-19/h4-13,18H,3H2,1-2H3,(H,22,23). The minimum Gasteiger partial charge on any atom is -0.326 e. The molecule has 0 aliphatic rings. The van der Waals surface area contributed by atoms with Gasteiger partial charge in [0, 0.05) is 16.6 Å². The van der Waals surface area contributed by atoms with Crippen molar-refractivity contribution in [2.45, 2.75) is 26.2 Å². The van der Waals surface area contributed by atoms with Crippen molar-refractivity contribution in [1.82, 2.24) is 4.98 Å². The zero-order valence-electron chi connectivity index (χ0n) is 13.8. The van der Waals surface area contributed by atoms with E-state index in [0.717, 1.165) is 33.9 Å². The van der Waals surface area contributed by atoms with Crippen LogP contribution in [0.1, 0.15) is 29.8 Å². The number of nitrogens with zero attached hydrogens (tertiary/aromatic N) is 1. The number of carbonyl (C=O) groups excluding carboxylic acids is 1. The minimum absolute atomic E-state index is 0.0234. The van der Waals surface area contributed by atoms with Crippen molar-refractivity contribution in [3.05, 3.63) is 70.5 Å². The van der Waals surface area contributed by atoms with E-state index in [9.17, 15) is 4.79 Å². The molecule has 0 saturated carbocycles. The lowest BCUT2D eigenvalue weighted by atomic mass is 9.95. The Morgan fingerprint density at radius 2 is 1.96 bits per heavy atom. The molecule has 0 aliphatic carbocycles. The van der Waals surface area contributed by atoms with Crippen LogP contribution in [-0.4, -0.2) is 10.9 Å². The van der Waals surface area contributed by atoms with E-state index in [1.807, 2.05) is 73.8 Å². The summed E-state index contributed by atoms with van der Waals surface area (Å²) in [6, 6.07) is 17.8. The van der Waals surface area contributed by atoms with Gasteiger partial charge in [-0.15, -0.1) is 11.3 Å². The summed E-state index contributed by atoms with van der Waals surface area (Å²) < 4.78 is 0. The summed E-state index contributed by atoms with van der Waals surface area (Å²) in [5, 5.41) is 6.12. The van der Waals surface area contributed by atoms with Gasteiger partial charge in [-0.3, -0.25) is 4.79 Å². The molecule has 1 atom stereocenters. The Balaban J connectivity index is 1.79. The molecule has 1 amide bonds. The number of benzene rings is 2. The van der Waals surface area contributed by atoms with Crippen molar-refractivity contribution >= 4 is 22.9 Å². The van der Waals surface area contributed by atoms with Crippen LogP contribution in [0.15, 0.2) is 60.0 Å². The van der Waals surface area contributed by atoms with Gasteiger partial charge >= 0.3 is 0 Å². The number of carbonyl (C=O) groups is 1. The molecule has 2 aromatic carbocycles. The van der Waals surface area contributed by atoms with E-state index in [0.29, 0.717) is 0 Å². The third kappa shape index (κ3) is 3.71. The molecule has 0 aliphatic heterocycles. The maximum Gasteiger partial charge on any atom is 0.231 e. The van der Waals surface area contributed by atoms with Crippen LogP contribution in [0.3, 0.4) is 0 Å². The minimum atomic E-state index is -0.142. The van der Waals surface area contributed by atoms with Crippen molar-refractivity contribution in [2.24, 2.45) is 0 Å². The van der Waals surface area contributed by atoms with Crippen LogP contribution in [0.4, 0.5) is 5.69 Å². The summed E-state index contributed by atoms with van der Waals surface area (Å²) in [7, 11) is 0. The van der Waals surface area contributed by atoms with Gasteiger partial charge < -0.3 is 5.32 Å². The quantitative estimate of drug-likeness (QED) is 0.691. The zero-order valence-corrected chi connectivity index (χ0v) is 14.6. The molecule has 1 heterocycles.